The van der Waals surface area contributed by atoms with Crippen LogP contribution in [0.5, 0.6) is 5.75 Å². The van der Waals surface area contributed by atoms with Crippen molar-refractivity contribution < 1.29 is 4.74 Å². The highest BCUT2D eigenvalue weighted by Gasteiger charge is 2.07. The first-order valence-corrected chi connectivity index (χ1v) is 7.92. The lowest BCUT2D eigenvalue weighted by molar-refractivity contribution is 0.302. The van der Waals surface area contributed by atoms with Gasteiger partial charge in [-0.2, -0.15) is 0 Å². The smallest absolute Gasteiger partial charge is 0.138 e. The second-order valence-electron chi connectivity index (χ2n) is 4.78. The van der Waals surface area contributed by atoms with E-state index in [4.69, 9.17) is 22.1 Å². The van der Waals surface area contributed by atoms with Gasteiger partial charge in [0, 0.05) is 11.4 Å². The van der Waals surface area contributed by atoms with E-state index in [2.05, 4.69) is 11.9 Å². The first-order chi connectivity index (χ1) is 9.58. The minimum Gasteiger partial charge on any atom is -0.486 e. The molecule has 5 heteroatoms. The lowest BCUT2D eigenvalue weighted by atomic mass is 10.0. The number of benzene rings is 1. The zero-order valence-corrected chi connectivity index (χ0v) is 13.3. The Morgan fingerprint density at radius 1 is 1.45 bits per heavy atom. The van der Waals surface area contributed by atoms with Crippen LogP contribution < -0.4 is 10.5 Å². The van der Waals surface area contributed by atoms with Crippen LogP contribution >= 0.6 is 22.9 Å². The summed E-state index contributed by atoms with van der Waals surface area (Å²) in [4.78, 5) is 4.36. The number of halogens is 1. The van der Waals surface area contributed by atoms with E-state index < -0.39 is 0 Å². The van der Waals surface area contributed by atoms with Gasteiger partial charge in [-0.3, -0.25) is 0 Å². The molecule has 0 saturated carbocycles. The van der Waals surface area contributed by atoms with Crippen LogP contribution in [-0.2, 0) is 13.0 Å². The fourth-order valence-electron chi connectivity index (χ4n) is 1.86. The standard InChI is InChI=1S/C15H19ClN2OS/c1-3-12(17)6-11-4-5-15(14(16)7-11)19-8-13-9-20-10(2)18-13/h4-5,7,9,12H,3,6,8,17H2,1-2H3. The van der Waals surface area contributed by atoms with Gasteiger partial charge in [0.2, 0.25) is 0 Å². The zero-order valence-electron chi connectivity index (χ0n) is 11.7. The highest BCUT2D eigenvalue weighted by atomic mass is 35.5. The van der Waals surface area contributed by atoms with E-state index in [1.54, 1.807) is 11.3 Å². The molecule has 1 atom stereocenters. The number of ether oxygens (including phenoxy) is 1. The number of nitrogens with two attached hydrogens (primary N) is 1. The molecule has 2 N–H and O–H groups in total. The third kappa shape index (κ3) is 4.20. The summed E-state index contributed by atoms with van der Waals surface area (Å²) >= 11 is 7.86. The average Bonchev–Trinajstić information content (AvgIpc) is 2.83. The summed E-state index contributed by atoms with van der Waals surface area (Å²) in [6.45, 7) is 4.50. The SMILES string of the molecule is CCC(N)Cc1ccc(OCc2csc(C)n2)c(Cl)c1. The molecule has 0 fully saturated rings. The Balaban J connectivity index is 1.98. The van der Waals surface area contributed by atoms with E-state index in [0.29, 0.717) is 17.4 Å². The van der Waals surface area contributed by atoms with Crippen LogP contribution in [0.1, 0.15) is 29.6 Å². The topological polar surface area (TPSA) is 48.1 Å². The highest BCUT2D eigenvalue weighted by Crippen LogP contribution is 2.27. The van der Waals surface area contributed by atoms with Gasteiger partial charge in [-0.25, -0.2) is 4.98 Å². The molecule has 0 spiro atoms. The number of hydrogen-bond donors (Lipinski definition) is 1. The predicted octanol–water partition coefficient (Wildman–Crippen LogP) is 3.96. The molecule has 0 saturated heterocycles. The van der Waals surface area contributed by atoms with Crippen LogP contribution in [-0.4, -0.2) is 11.0 Å². The van der Waals surface area contributed by atoms with Crippen LogP contribution in [0.4, 0.5) is 0 Å². The third-order valence-corrected chi connectivity index (χ3v) is 4.18. The molecule has 1 heterocycles. The van der Waals surface area contributed by atoms with Crippen LogP contribution in [0.15, 0.2) is 23.6 Å². The van der Waals surface area contributed by atoms with E-state index in [0.717, 1.165) is 29.1 Å². The van der Waals surface area contributed by atoms with Crippen LogP contribution in [0.25, 0.3) is 0 Å². The van der Waals surface area contributed by atoms with Gasteiger partial charge in [0.05, 0.1) is 15.7 Å². The number of aryl methyl sites for hydroxylation is 1. The largest absolute Gasteiger partial charge is 0.486 e. The summed E-state index contributed by atoms with van der Waals surface area (Å²) in [7, 11) is 0. The summed E-state index contributed by atoms with van der Waals surface area (Å²) in [5, 5.41) is 3.66. The van der Waals surface area contributed by atoms with E-state index in [1.165, 1.54) is 0 Å². The van der Waals surface area contributed by atoms with E-state index in [1.807, 2.05) is 30.5 Å². The Kier molecular flexibility index (Phi) is 5.40. The van der Waals surface area contributed by atoms with Crippen molar-refractivity contribution in [2.45, 2.75) is 39.3 Å². The molecule has 2 aromatic rings. The number of aromatic nitrogens is 1. The molecule has 0 radical (unpaired) electrons. The van der Waals surface area contributed by atoms with Crippen molar-refractivity contribution >= 4 is 22.9 Å². The summed E-state index contributed by atoms with van der Waals surface area (Å²) in [5.41, 5.74) is 8.02. The lowest BCUT2D eigenvalue weighted by Crippen LogP contribution is -2.21. The fraction of sp³-hybridized carbons (Fsp3) is 0.400. The average molecular weight is 311 g/mol. The molecular weight excluding hydrogens is 292 g/mol. The Labute approximate surface area is 128 Å². The summed E-state index contributed by atoms with van der Waals surface area (Å²) in [5.74, 6) is 0.686. The van der Waals surface area contributed by atoms with Crippen molar-refractivity contribution in [1.29, 1.82) is 0 Å². The first kappa shape index (κ1) is 15.3. The molecule has 0 aliphatic rings. The van der Waals surface area contributed by atoms with Gasteiger partial charge in [0.25, 0.3) is 0 Å². The van der Waals surface area contributed by atoms with Gasteiger partial charge in [-0.15, -0.1) is 11.3 Å². The van der Waals surface area contributed by atoms with Crippen LogP contribution in [0.2, 0.25) is 5.02 Å². The van der Waals surface area contributed by atoms with Crippen molar-refractivity contribution in [1.82, 2.24) is 4.98 Å². The van der Waals surface area contributed by atoms with Crippen molar-refractivity contribution in [3.8, 4) is 5.75 Å². The van der Waals surface area contributed by atoms with Crippen molar-refractivity contribution in [2.24, 2.45) is 5.73 Å². The fourth-order valence-corrected chi connectivity index (χ4v) is 2.72. The summed E-state index contributed by atoms with van der Waals surface area (Å²) in [6.07, 6.45) is 1.79. The van der Waals surface area contributed by atoms with Crippen molar-refractivity contribution in [2.75, 3.05) is 0 Å². The molecule has 0 bridgehead atoms. The van der Waals surface area contributed by atoms with Gasteiger partial charge in [0.1, 0.15) is 12.4 Å². The zero-order chi connectivity index (χ0) is 14.5. The molecule has 108 valence electrons. The molecule has 0 aliphatic heterocycles. The minimum atomic E-state index is 0.177. The highest BCUT2D eigenvalue weighted by molar-refractivity contribution is 7.09. The van der Waals surface area contributed by atoms with E-state index in [9.17, 15) is 0 Å². The first-order valence-electron chi connectivity index (χ1n) is 6.66. The maximum absolute atomic E-state index is 6.24. The molecule has 2 rings (SSSR count). The number of thiazole rings is 1. The number of nitrogens with zero attached hydrogens (tertiary/aromatic N) is 1. The Hall–Kier alpha value is -1.10. The van der Waals surface area contributed by atoms with Gasteiger partial charge >= 0.3 is 0 Å². The normalized spacial score (nSPS) is 12.4. The minimum absolute atomic E-state index is 0.177. The van der Waals surface area contributed by atoms with Crippen molar-refractivity contribution in [3.05, 3.63) is 44.9 Å². The Morgan fingerprint density at radius 3 is 2.85 bits per heavy atom. The summed E-state index contributed by atoms with van der Waals surface area (Å²) < 4.78 is 5.70. The molecule has 1 aromatic carbocycles. The Morgan fingerprint density at radius 2 is 2.25 bits per heavy atom. The monoisotopic (exact) mass is 310 g/mol. The molecule has 3 nitrogen and oxygen atoms in total. The molecule has 0 amide bonds. The maximum Gasteiger partial charge on any atom is 0.138 e. The molecule has 1 unspecified atom stereocenters. The molecule has 1 aromatic heterocycles. The molecule has 0 aliphatic carbocycles. The van der Waals surface area contributed by atoms with Gasteiger partial charge in [-0.05, 0) is 37.5 Å². The maximum atomic E-state index is 6.24. The van der Waals surface area contributed by atoms with E-state index in [-0.39, 0.29) is 6.04 Å². The molecular formula is C15H19ClN2OS. The lowest BCUT2D eigenvalue weighted by Gasteiger charge is -2.11. The van der Waals surface area contributed by atoms with E-state index >= 15 is 0 Å². The second kappa shape index (κ2) is 7.07. The summed E-state index contributed by atoms with van der Waals surface area (Å²) in [6, 6.07) is 6.02. The predicted molar refractivity (Wildman–Crippen MR) is 84.6 cm³/mol. The number of rotatable bonds is 6. The van der Waals surface area contributed by atoms with Gasteiger partial charge < -0.3 is 10.5 Å². The number of hydrogen-bond acceptors (Lipinski definition) is 4. The third-order valence-electron chi connectivity index (χ3n) is 3.06. The van der Waals surface area contributed by atoms with Crippen LogP contribution in [0, 0.1) is 6.92 Å². The Bertz CT molecular complexity index is 571. The molecule has 20 heavy (non-hydrogen) atoms. The van der Waals surface area contributed by atoms with Gasteiger partial charge in [0.15, 0.2) is 0 Å². The van der Waals surface area contributed by atoms with Gasteiger partial charge in [-0.1, -0.05) is 24.6 Å². The quantitative estimate of drug-likeness (QED) is 0.878. The van der Waals surface area contributed by atoms with Crippen molar-refractivity contribution in [3.63, 3.8) is 0 Å². The van der Waals surface area contributed by atoms with Crippen LogP contribution in [0.3, 0.4) is 0 Å². The second-order valence-corrected chi connectivity index (χ2v) is 6.25.